The molecule has 78 valence electrons. The first-order valence-electron chi connectivity index (χ1n) is 5.20. The smallest absolute Gasteiger partial charge is 0.306 e. The molecule has 2 N–H and O–H groups in total. The summed E-state index contributed by atoms with van der Waals surface area (Å²) < 4.78 is 0. The summed E-state index contributed by atoms with van der Waals surface area (Å²) in [6.45, 7) is 0. The van der Waals surface area contributed by atoms with Gasteiger partial charge in [0.15, 0.2) is 0 Å². The number of carbonyl (C=O) groups excluding carboxylic acids is 1. The average Bonchev–Trinajstić information content (AvgIpc) is 2.31. The molecule has 0 aromatic rings. The highest BCUT2D eigenvalue weighted by Gasteiger charge is 2.36. The molecule has 0 saturated carbocycles. The highest BCUT2D eigenvalue weighted by atomic mass is 16.4. The zero-order valence-corrected chi connectivity index (χ0v) is 8.03. The van der Waals surface area contributed by atoms with E-state index in [0.29, 0.717) is 12.8 Å². The van der Waals surface area contributed by atoms with Crippen LogP contribution in [0.1, 0.15) is 32.1 Å². The van der Waals surface area contributed by atoms with Crippen molar-refractivity contribution in [1.29, 1.82) is 0 Å². The maximum absolute atomic E-state index is 11.6. The number of hydrogen-bond acceptors (Lipinski definition) is 2. The van der Waals surface area contributed by atoms with E-state index in [0.717, 1.165) is 19.3 Å². The van der Waals surface area contributed by atoms with Gasteiger partial charge in [0, 0.05) is 12.0 Å². The molecule has 0 aromatic carbocycles. The Morgan fingerprint density at radius 2 is 2.14 bits per heavy atom. The third-order valence-electron chi connectivity index (χ3n) is 3.31. The summed E-state index contributed by atoms with van der Waals surface area (Å²) in [5, 5.41) is 11.9. The summed E-state index contributed by atoms with van der Waals surface area (Å²) in [5.41, 5.74) is 0. The number of hydrogen-bond donors (Lipinski definition) is 2. The van der Waals surface area contributed by atoms with Crippen LogP contribution in [0.25, 0.3) is 0 Å². The number of rotatable bonds is 1. The lowest BCUT2D eigenvalue weighted by atomic mass is 9.85. The molecule has 2 saturated heterocycles. The molecule has 2 bridgehead atoms. The van der Waals surface area contributed by atoms with Gasteiger partial charge in [0.05, 0.1) is 5.92 Å². The standard InChI is InChI=1S/C10H15NO3/c12-9-6-2-1-3-8(11-9)5-7(4-6)10(13)14/h6-8H,1-5H2,(H,11,12)(H,13,14)/t6-,7-,8+/m0/s1. The first-order chi connectivity index (χ1) is 6.66. The fraction of sp³-hybridized carbons (Fsp3) is 0.800. The Bertz CT molecular complexity index is 264. The Morgan fingerprint density at radius 1 is 1.36 bits per heavy atom. The molecule has 0 aliphatic carbocycles. The van der Waals surface area contributed by atoms with Crippen molar-refractivity contribution in [2.75, 3.05) is 0 Å². The van der Waals surface area contributed by atoms with Crippen LogP contribution in [0.2, 0.25) is 0 Å². The average molecular weight is 197 g/mol. The molecule has 4 heteroatoms. The minimum Gasteiger partial charge on any atom is -0.481 e. The van der Waals surface area contributed by atoms with Gasteiger partial charge in [-0.2, -0.15) is 0 Å². The second-order valence-corrected chi connectivity index (χ2v) is 4.34. The number of amides is 1. The van der Waals surface area contributed by atoms with Crippen molar-refractivity contribution in [3.05, 3.63) is 0 Å². The fourth-order valence-electron chi connectivity index (χ4n) is 2.52. The molecule has 0 aromatic heterocycles. The van der Waals surface area contributed by atoms with Crippen molar-refractivity contribution in [2.24, 2.45) is 11.8 Å². The summed E-state index contributed by atoms with van der Waals surface area (Å²) in [6.07, 6.45) is 3.97. The largest absolute Gasteiger partial charge is 0.481 e. The SMILES string of the molecule is O=C(O)[C@@H]1C[C@H]2CCC[C@@H](C1)C(=O)N2. The first kappa shape index (κ1) is 9.49. The molecule has 2 fully saturated rings. The summed E-state index contributed by atoms with van der Waals surface area (Å²) in [5.74, 6) is -1.08. The Labute approximate surface area is 82.7 Å². The fourth-order valence-corrected chi connectivity index (χ4v) is 2.52. The third kappa shape index (κ3) is 1.74. The van der Waals surface area contributed by atoms with Crippen molar-refractivity contribution >= 4 is 11.9 Å². The predicted molar refractivity (Wildman–Crippen MR) is 49.6 cm³/mol. The molecular weight excluding hydrogens is 182 g/mol. The van der Waals surface area contributed by atoms with Gasteiger partial charge >= 0.3 is 5.97 Å². The van der Waals surface area contributed by atoms with E-state index in [1.807, 2.05) is 0 Å². The highest BCUT2D eigenvalue weighted by Crippen LogP contribution is 2.31. The molecule has 2 rings (SSSR count). The Balaban J connectivity index is 2.17. The topological polar surface area (TPSA) is 66.4 Å². The van der Waals surface area contributed by atoms with Crippen LogP contribution in [0.3, 0.4) is 0 Å². The summed E-state index contributed by atoms with van der Waals surface area (Å²) in [7, 11) is 0. The van der Waals surface area contributed by atoms with Gasteiger partial charge in [-0.15, -0.1) is 0 Å². The second kappa shape index (κ2) is 3.59. The Morgan fingerprint density at radius 3 is 2.86 bits per heavy atom. The van der Waals surface area contributed by atoms with Crippen LogP contribution < -0.4 is 5.32 Å². The maximum atomic E-state index is 11.6. The van der Waals surface area contributed by atoms with E-state index >= 15 is 0 Å². The molecule has 0 unspecified atom stereocenters. The van der Waals surface area contributed by atoms with Crippen LogP contribution in [0.5, 0.6) is 0 Å². The molecule has 0 radical (unpaired) electrons. The number of carbonyl (C=O) groups is 2. The molecule has 0 spiro atoms. The normalized spacial score (nSPS) is 37.1. The molecule has 1 amide bonds. The lowest BCUT2D eigenvalue weighted by molar-refractivity contribution is -0.142. The zero-order valence-electron chi connectivity index (χ0n) is 8.03. The number of fused-ring (bicyclic) bond motifs is 3. The number of carboxylic acid groups (broad SMARTS) is 1. The van der Waals surface area contributed by atoms with Gasteiger partial charge in [-0.25, -0.2) is 0 Å². The van der Waals surface area contributed by atoms with E-state index in [1.165, 1.54) is 0 Å². The van der Waals surface area contributed by atoms with Crippen LogP contribution >= 0.6 is 0 Å². The van der Waals surface area contributed by atoms with Crippen molar-refractivity contribution in [2.45, 2.75) is 38.1 Å². The Kier molecular flexibility index (Phi) is 2.44. The van der Waals surface area contributed by atoms with Crippen molar-refractivity contribution in [3.63, 3.8) is 0 Å². The molecular formula is C10H15NO3. The maximum Gasteiger partial charge on any atom is 0.306 e. The van der Waals surface area contributed by atoms with E-state index in [-0.39, 0.29) is 23.8 Å². The predicted octanol–water partition coefficient (Wildman–Crippen LogP) is 0.766. The van der Waals surface area contributed by atoms with E-state index in [4.69, 9.17) is 5.11 Å². The van der Waals surface area contributed by atoms with Gasteiger partial charge in [-0.3, -0.25) is 9.59 Å². The lowest BCUT2D eigenvalue weighted by Gasteiger charge is -2.19. The molecule has 2 heterocycles. The van der Waals surface area contributed by atoms with E-state index in [9.17, 15) is 9.59 Å². The highest BCUT2D eigenvalue weighted by molar-refractivity contribution is 5.81. The van der Waals surface area contributed by atoms with E-state index in [2.05, 4.69) is 5.32 Å². The molecule has 4 nitrogen and oxygen atoms in total. The quantitative estimate of drug-likeness (QED) is 0.652. The number of nitrogens with one attached hydrogen (secondary N) is 1. The third-order valence-corrected chi connectivity index (χ3v) is 3.31. The van der Waals surface area contributed by atoms with Crippen molar-refractivity contribution in [3.8, 4) is 0 Å². The van der Waals surface area contributed by atoms with Gasteiger partial charge in [0.2, 0.25) is 5.91 Å². The van der Waals surface area contributed by atoms with Crippen LogP contribution in [0.4, 0.5) is 0 Å². The zero-order chi connectivity index (χ0) is 10.1. The van der Waals surface area contributed by atoms with E-state index in [1.54, 1.807) is 0 Å². The molecule has 3 atom stereocenters. The minimum absolute atomic E-state index is 0.0660. The van der Waals surface area contributed by atoms with Crippen LogP contribution in [-0.4, -0.2) is 23.0 Å². The molecule has 14 heavy (non-hydrogen) atoms. The number of carboxylic acids is 1. The summed E-state index contributed by atoms with van der Waals surface area (Å²) in [6, 6.07) is 0.0936. The van der Waals surface area contributed by atoms with Crippen LogP contribution in [-0.2, 0) is 9.59 Å². The van der Waals surface area contributed by atoms with Gasteiger partial charge in [-0.05, 0) is 25.7 Å². The molecule has 2 aliphatic rings. The van der Waals surface area contributed by atoms with Gasteiger partial charge in [0.25, 0.3) is 0 Å². The number of aliphatic carboxylic acids is 1. The van der Waals surface area contributed by atoms with E-state index < -0.39 is 5.97 Å². The monoisotopic (exact) mass is 197 g/mol. The van der Waals surface area contributed by atoms with Crippen molar-refractivity contribution in [1.82, 2.24) is 5.32 Å². The van der Waals surface area contributed by atoms with Crippen molar-refractivity contribution < 1.29 is 14.7 Å². The summed E-state index contributed by atoms with van der Waals surface area (Å²) in [4.78, 5) is 22.5. The summed E-state index contributed by atoms with van der Waals surface area (Å²) >= 11 is 0. The van der Waals surface area contributed by atoms with Gasteiger partial charge < -0.3 is 10.4 Å². The first-order valence-corrected chi connectivity index (χ1v) is 5.20. The molecule has 2 aliphatic heterocycles. The van der Waals surface area contributed by atoms with Gasteiger partial charge in [0.1, 0.15) is 0 Å². The minimum atomic E-state index is -0.751. The van der Waals surface area contributed by atoms with Gasteiger partial charge in [-0.1, -0.05) is 6.42 Å². The lowest BCUT2D eigenvalue weighted by Crippen LogP contribution is -2.34. The van der Waals surface area contributed by atoms with Crippen LogP contribution in [0.15, 0.2) is 0 Å². The van der Waals surface area contributed by atoms with Crippen LogP contribution in [0, 0.1) is 11.8 Å². The second-order valence-electron chi connectivity index (χ2n) is 4.34. The Hall–Kier alpha value is -1.06.